The molecule has 0 aromatic carbocycles. The smallest absolute Gasteiger partial charge is 0.310 e. The summed E-state index contributed by atoms with van der Waals surface area (Å²) < 4.78 is 0. The van der Waals surface area contributed by atoms with Crippen molar-refractivity contribution in [2.24, 2.45) is 17.3 Å². The number of hydrogen-bond acceptors (Lipinski definition) is 1. The molecule has 1 N–H and O–H groups in total. The van der Waals surface area contributed by atoms with Crippen LogP contribution < -0.4 is 0 Å². The quantitative estimate of drug-likeness (QED) is 0.554. The SMILES string of the molecule is C[C@@H]1[C@@H]2C=CC[C@]12C(=O)O. The minimum absolute atomic E-state index is 0.338. The summed E-state index contributed by atoms with van der Waals surface area (Å²) in [6.45, 7) is 2.02. The maximum Gasteiger partial charge on any atom is 0.310 e. The fraction of sp³-hybridized carbons (Fsp3) is 0.625. The fourth-order valence-electron chi connectivity index (χ4n) is 2.16. The third-order valence-electron chi connectivity index (χ3n) is 3.03. The van der Waals surface area contributed by atoms with Gasteiger partial charge in [-0.25, -0.2) is 0 Å². The van der Waals surface area contributed by atoms with Crippen LogP contribution in [-0.2, 0) is 4.79 Å². The summed E-state index contributed by atoms with van der Waals surface area (Å²) in [5.74, 6) is 0.0926. The Kier molecular flexibility index (Phi) is 0.858. The first-order chi connectivity index (χ1) is 4.69. The molecule has 2 rings (SSSR count). The summed E-state index contributed by atoms with van der Waals surface area (Å²) in [6, 6.07) is 0. The van der Waals surface area contributed by atoms with E-state index in [1.165, 1.54) is 0 Å². The highest BCUT2D eigenvalue weighted by molar-refractivity contribution is 5.81. The lowest BCUT2D eigenvalue weighted by molar-refractivity contribution is -0.143. The molecule has 0 spiro atoms. The van der Waals surface area contributed by atoms with Gasteiger partial charge in [0.25, 0.3) is 0 Å². The lowest BCUT2D eigenvalue weighted by Gasteiger charge is -2.03. The van der Waals surface area contributed by atoms with Crippen LogP contribution in [0.5, 0.6) is 0 Å². The monoisotopic (exact) mass is 138 g/mol. The highest BCUT2D eigenvalue weighted by atomic mass is 16.4. The van der Waals surface area contributed by atoms with Crippen LogP contribution >= 0.6 is 0 Å². The highest BCUT2D eigenvalue weighted by Gasteiger charge is 2.67. The van der Waals surface area contributed by atoms with Gasteiger partial charge in [0.1, 0.15) is 0 Å². The number of rotatable bonds is 1. The van der Waals surface area contributed by atoms with E-state index in [4.69, 9.17) is 5.11 Å². The Morgan fingerprint density at radius 1 is 1.80 bits per heavy atom. The zero-order valence-electron chi connectivity index (χ0n) is 5.87. The number of carboxylic acid groups (broad SMARTS) is 1. The molecular formula is C8H10O2. The predicted molar refractivity (Wildman–Crippen MR) is 36.5 cm³/mol. The molecule has 10 heavy (non-hydrogen) atoms. The number of fused-ring (bicyclic) bond motifs is 1. The molecule has 0 amide bonds. The van der Waals surface area contributed by atoms with Crippen LogP contribution in [0.15, 0.2) is 12.2 Å². The molecule has 0 aromatic rings. The molecule has 1 saturated carbocycles. The van der Waals surface area contributed by atoms with Gasteiger partial charge in [-0.15, -0.1) is 0 Å². The van der Waals surface area contributed by atoms with E-state index in [0.717, 1.165) is 6.42 Å². The zero-order valence-corrected chi connectivity index (χ0v) is 5.87. The van der Waals surface area contributed by atoms with Crippen LogP contribution in [0, 0.1) is 17.3 Å². The van der Waals surface area contributed by atoms with E-state index in [1.807, 2.05) is 19.1 Å². The number of carboxylic acids is 1. The van der Waals surface area contributed by atoms with Gasteiger partial charge in [-0.1, -0.05) is 19.1 Å². The highest BCUT2D eigenvalue weighted by Crippen LogP contribution is 2.65. The van der Waals surface area contributed by atoms with Crippen molar-refractivity contribution in [3.63, 3.8) is 0 Å². The minimum Gasteiger partial charge on any atom is -0.481 e. The molecule has 54 valence electrons. The molecule has 2 heteroatoms. The van der Waals surface area contributed by atoms with Gasteiger partial charge in [0, 0.05) is 0 Å². The van der Waals surface area contributed by atoms with Gasteiger partial charge in [0.2, 0.25) is 0 Å². The van der Waals surface area contributed by atoms with Gasteiger partial charge in [-0.05, 0) is 18.3 Å². The van der Waals surface area contributed by atoms with Crippen LogP contribution in [0.2, 0.25) is 0 Å². The normalized spacial score (nSPS) is 48.9. The summed E-state index contributed by atoms with van der Waals surface area (Å²) in [5.41, 5.74) is -0.375. The predicted octanol–water partition coefficient (Wildman–Crippen LogP) is 1.28. The van der Waals surface area contributed by atoms with Crippen molar-refractivity contribution in [1.82, 2.24) is 0 Å². The Morgan fingerprint density at radius 2 is 2.50 bits per heavy atom. The Labute approximate surface area is 59.5 Å². The Balaban J connectivity index is 2.29. The van der Waals surface area contributed by atoms with Gasteiger partial charge in [-0.3, -0.25) is 4.79 Å². The zero-order chi connectivity index (χ0) is 7.35. The summed E-state index contributed by atoms with van der Waals surface area (Å²) in [5, 5.41) is 8.84. The summed E-state index contributed by atoms with van der Waals surface area (Å²) in [6.07, 6.45) is 4.77. The van der Waals surface area contributed by atoms with E-state index in [1.54, 1.807) is 0 Å². The van der Waals surface area contributed by atoms with Crippen LogP contribution in [0.4, 0.5) is 0 Å². The summed E-state index contributed by atoms with van der Waals surface area (Å²) in [4.78, 5) is 10.7. The first-order valence-electron chi connectivity index (χ1n) is 3.59. The Morgan fingerprint density at radius 3 is 2.80 bits per heavy atom. The van der Waals surface area contributed by atoms with E-state index in [9.17, 15) is 4.79 Å². The van der Waals surface area contributed by atoms with E-state index < -0.39 is 5.97 Å². The van der Waals surface area contributed by atoms with Crippen LogP contribution in [0.25, 0.3) is 0 Å². The second-order valence-corrected chi connectivity index (χ2v) is 3.29. The van der Waals surface area contributed by atoms with Crippen molar-refractivity contribution in [1.29, 1.82) is 0 Å². The van der Waals surface area contributed by atoms with E-state index in [-0.39, 0.29) is 5.41 Å². The van der Waals surface area contributed by atoms with E-state index >= 15 is 0 Å². The first kappa shape index (κ1) is 5.96. The molecule has 0 saturated heterocycles. The second-order valence-electron chi connectivity index (χ2n) is 3.29. The Bertz CT molecular complexity index is 219. The second kappa shape index (κ2) is 1.44. The third kappa shape index (κ3) is 0.405. The van der Waals surface area contributed by atoms with Gasteiger partial charge >= 0.3 is 5.97 Å². The van der Waals surface area contributed by atoms with Crippen molar-refractivity contribution in [2.75, 3.05) is 0 Å². The van der Waals surface area contributed by atoms with Gasteiger partial charge < -0.3 is 5.11 Å². The molecule has 1 fully saturated rings. The summed E-state index contributed by atoms with van der Waals surface area (Å²) in [7, 11) is 0. The lowest BCUT2D eigenvalue weighted by atomic mass is 10.0. The maximum absolute atomic E-state index is 10.7. The van der Waals surface area contributed by atoms with Crippen LogP contribution in [-0.4, -0.2) is 11.1 Å². The number of hydrogen-bond donors (Lipinski definition) is 1. The molecular weight excluding hydrogens is 128 g/mol. The average Bonchev–Trinajstić information content (AvgIpc) is 2.36. The molecule has 2 aliphatic rings. The molecule has 0 radical (unpaired) electrons. The average molecular weight is 138 g/mol. The van der Waals surface area contributed by atoms with E-state index in [2.05, 4.69) is 0 Å². The van der Waals surface area contributed by atoms with Crippen molar-refractivity contribution in [3.8, 4) is 0 Å². The lowest BCUT2D eigenvalue weighted by Crippen LogP contribution is -2.15. The number of allylic oxidation sites excluding steroid dienone is 2. The number of carbonyl (C=O) groups is 1. The first-order valence-corrected chi connectivity index (χ1v) is 3.59. The third-order valence-corrected chi connectivity index (χ3v) is 3.03. The largest absolute Gasteiger partial charge is 0.481 e. The molecule has 0 unspecified atom stereocenters. The van der Waals surface area contributed by atoms with Gasteiger partial charge in [0.15, 0.2) is 0 Å². The molecule has 0 aromatic heterocycles. The number of aliphatic carboxylic acids is 1. The molecule has 0 aliphatic heterocycles. The van der Waals surface area contributed by atoms with Crippen LogP contribution in [0.1, 0.15) is 13.3 Å². The molecule has 0 bridgehead atoms. The maximum atomic E-state index is 10.7. The minimum atomic E-state index is -0.616. The topological polar surface area (TPSA) is 37.3 Å². The fourth-order valence-corrected chi connectivity index (χ4v) is 2.16. The van der Waals surface area contributed by atoms with Crippen molar-refractivity contribution in [3.05, 3.63) is 12.2 Å². The van der Waals surface area contributed by atoms with Crippen LogP contribution in [0.3, 0.4) is 0 Å². The van der Waals surface area contributed by atoms with E-state index in [0.29, 0.717) is 11.8 Å². The molecule has 2 nitrogen and oxygen atoms in total. The van der Waals surface area contributed by atoms with Crippen molar-refractivity contribution < 1.29 is 9.90 Å². The van der Waals surface area contributed by atoms with Crippen molar-refractivity contribution >= 4 is 5.97 Å². The molecule has 2 aliphatic carbocycles. The molecule has 3 atom stereocenters. The Hall–Kier alpha value is -0.790. The molecule has 0 heterocycles. The van der Waals surface area contributed by atoms with Gasteiger partial charge in [-0.2, -0.15) is 0 Å². The summed E-state index contributed by atoms with van der Waals surface area (Å²) >= 11 is 0. The van der Waals surface area contributed by atoms with Gasteiger partial charge in [0.05, 0.1) is 5.41 Å². The van der Waals surface area contributed by atoms with Crippen molar-refractivity contribution in [2.45, 2.75) is 13.3 Å². The standard InChI is InChI=1S/C8H10O2/c1-5-6-3-2-4-8(5,6)7(9)10/h2-3,5-6H,4H2,1H3,(H,9,10)/t5-,6+,8+/m1/s1.